The average molecular weight is 182 g/mol. The lowest BCUT2D eigenvalue weighted by Crippen LogP contribution is -2.15. The highest BCUT2D eigenvalue weighted by Gasteiger charge is 2.16. The highest BCUT2D eigenvalue weighted by atomic mass is 16.0. The van der Waals surface area contributed by atoms with E-state index in [1.165, 1.54) is 6.33 Å². The van der Waals surface area contributed by atoms with Crippen LogP contribution in [-0.2, 0) is 0 Å². The topological polar surface area (TPSA) is 131 Å². The molecule has 2 rings (SSSR count). The molecule has 0 radical (unpaired) electrons. The molecule has 7 nitrogen and oxygen atoms in total. The monoisotopic (exact) mass is 182 g/mol. The molecule has 0 aliphatic carbocycles. The van der Waals surface area contributed by atoms with Gasteiger partial charge in [0.25, 0.3) is 0 Å². The first-order valence-corrected chi connectivity index (χ1v) is 3.46. The Hall–Kier alpha value is -1.89. The molecule has 0 atom stereocenters. The summed E-state index contributed by atoms with van der Waals surface area (Å²) in [6.07, 6.45) is 1.38. The van der Waals surface area contributed by atoms with Gasteiger partial charge >= 0.3 is 0 Å². The summed E-state index contributed by atoms with van der Waals surface area (Å²) in [6.45, 7) is 0.605. The maximum Gasteiger partial charge on any atom is 0.155 e. The normalized spacial score (nSPS) is 12.0. The smallest absolute Gasteiger partial charge is 0.155 e. The van der Waals surface area contributed by atoms with E-state index in [2.05, 4.69) is 20.6 Å². The molecule has 7 N–H and O–H groups in total. The molecule has 1 aliphatic rings. The molecule has 2 heterocycles. The lowest BCUT2D eigenvalue weighted by Gasteiger charge is -2.02. The lowest BCUT2D eigenvalue weighted by atomic mass is 10.3. The third kappa shape index (κ3) is 1.36. The van der Waals surface area contributed by atoms with E-state index in [1.54, 1.807) is 0 Å². The first-order chi connectivity index (χ1) is 5.79. The first kappa shape index (κ1) is 9.20. The van der Waals surface area contributed by atoms with Crippen molar-refractivity contribution in [1.82, 2.24) is 9.97 Å². The number of rotatable bonds is 1. The summed E-state index contributed by atoms with van der Waals surface area (Å²) in [5.74, 6) is 0.653. The highest BCUT2D eigenvalue weighted by Crippen LogP contribution is 2.24. The number of nitrogens with zero attached hydrogens (tertiary/aromatic N) is 2. The van der Waals surface area contributed by atoms with Crippen molar-refractivity contribution in [3.8, 4) is 0 Å². The summed E-state index contributed by atoms with van der Waals surface area (Å²) in [5, 5.41) is 13.2. The van der Waals surface area contributed by atoms with Gasteiger partial charge in [0, 0.05) is 0 Å². The number of nitrogens with two attached hydrogens (primary N) is 1. The van der Waals surface area contributed by atoms with Gasteiger partial charge in [-0.2, -0.15) is 0 Å². The van der Waals surface area contributed by atoms with Crippen molar-refractivity contribution in [3.05, 3.63) is 12.0 Å². The summed E-state index contributed by atoms with van der Waals surface area (Å²) in [6, 6.07) is 0. The van der Waals surface area contributed by atoms with Crippen LogP contribution in [0.25, 0.3) is 0 Å². The van der Waals surface area contributed by atoms with Crippen molar-refractivity contribution in [1.29, 1.82) is 5.41 Å². The fourth-order valence-corrected chi connectivity index (χ4v) is 1.11. The van der Waals surface area contributed by atoms with Gasteiger partial charge in [0.2, 0.25) is 0 Å². The maximum atomic E-state index is 7.22. The Morgan fingerprint density at radius 1 is 1.46 bits per heavy atom. The van der Waals surface area contributed by atoms with Crippen LogP contribution >= 0.6 is 0 Å². The van der Waals surface area contributed by atoms with E-state index in [0.717, 1.165) is 0 Å². The number of aromatic nitrogens is 2. The van der Waals surface area contributed by atoms with Gasteiger partial charge in [0.05, 0.1) is 6.67 Å². The number of hydrogen-bond acceptors (Lipinski definition) is 5. The quantitative estimate of drug-likeness (QED) is 0.317. The van der Waals surface area contributed by atoms with Crippen LogP contribution in [-0.4, -0.2) is 27.9 Å². The number of amidine groups is 1. The molecule has 0 unspecified atom stereocenters. The number of anilines is 2. The Kier molecular flexibility index (Phi) is 2.29. The van der Waals surface area contributed by atoms with Crippen LogP contribution in [0.2, 0.25) is 0 Å². The summed E-state index contributed by atoms with van der Waals surface area (Å²) in [4.78, 5) is 7.85. The molecular weight excluding hydrogens is 172 g/mol. The van der Waals surface area contributed by atoms with Crippen LogP contribution in [0.3, 0.4) is 0 Å². The van der Waals surface area contributed by atoms with Crippen LogP contribution in [0.15, 0.2) is 6.33 Å². The van der Waals surface area contributed by atoms with Crippen molar-refractivity contribution in [2.45, 2.75) is 0 Å². The maximum absolute atomic E-state index is 7.22. The van der Waals surface area contributed by atoms with E-state index in [9.17, 15) is 0 Å². The zero-order valence-corrected chi connectivity index (χ0v) is 6.76. The SMILES string of the molecule is N=C(N)c1ncnc2c1NCN2.O. The largest absolute Gasteiger partial charge is 0.412 e. The van der Waals surface area contributed by atoms with Gasteiger partial charge < -0.3 is 21.8 Å². The van der Waals surface area contributed by atoms with Gasteiger partial charge in [-0.25, -0.2) is 9.97 Å². The van der Waals surface area contributed by atoms with E-state index < -0.39 is 0 Å². The van der Waals surface area contributed by atoms with Crippen LogP contribution in [0.4, 0.5) is 11.5 Å². The summed E-state index contributed by atoms with van der Waals surface area (Å²) in [7, 11) is 0. The standard InChI is InChI=1S/C6H8N6.H2O/c7-5(8)3-4-6(11-1-9-3)12-2-10-4;/h1,10H,2H2,(H3,7,8)(H,9,11,12);1H2. The Morgan fingerprint density at radius 2 is 2.23 bits per heavy atom. The molecule has 1 aromatic heterocycles. The first-order valence-electron chi connectivity index (χ1n) is 3.46. The van der Waals surface area contributed by atoms with Crippen molar-refractivity contribution in [3.63, 3.8) is 0 Å². The van der Waals surface area contributed by atoms with E-state index in [0.29, 0.717) is 23.9 Å². The van der Waals surface area contributed by atoms with Gasteiger partial charge in [-0.3, -0.25) is 5.41 Å². The highest BCUT2D eigenvalue weighted by molar-refractivity contribution is 6.01. The zero-order chi connectivity index (χ0) is 8.55. The fourth-order valence-electron chi connectivity index (χ4n) is 1.11. The van der Waals surface area contributed by atoms with Crippen molar-refractivity contribution in [2.75, 3.05) is 17.3 Å². The van der Waals surface area contributed by atoms with Gasteiger partial charge in [-0.15, -0.1) is 0 Å². The van der Waals surface area contributed by atoms with Gasteiger partial charge in [-0.1, -0.05) is 0 Å². The third-order valence-corrected chi connectivity index (χ3v) is 1.62. The summed E-state index contributed by atoms with van der Waals surface area (Å²) < 4.78 is 0. The van der Waals surface area contributed by atoms with Crippen molar-refractivity contribution < 1.29 is 5.48 Å². The van der Waals surface area contributed by atoms with E-state index in [4.69, 9.17) is 11.1 Å². The van der Waals surface area contributed by atoms with Gasteiger partial charge in [0.15, 0.2) is 5.82 Å². The molecule has 1 aromatic rings. The Balaban J connectivity index is 0.000000845. The predicted molar refractivity (Wildman–Crippen MR) is 48.8 cm³/mol. The van der Waals surface area contributed by atoms with E-state index >= 15 is 0 Å². The molecule has 0 fully saturated rings. The number of hydrogen-bond donors (Lipinski definition) is 4. The summed E-state index contributed by atoms with van der Waals surface area (Å²) >= 11 is 0. The lowest BCUT2D eigenvalue weighted by molar-refractivity contribution is 0.824. The molecule has 0 spiro atoms. The second-order valence-corrected chi connectivity index (χ2v) is 2.39. The molecule has 0 amide bonds. The van der Waals surface area contributed by atoms with Crippen LogP contribution in [0, 0.1) is 5.41 Å². The second-order valence-electron chi connectivity index (χ2n) is 2.39. The molecule has 7 heteroatoms. The molecule has 0 saturated carbocycles. The molecule has 0 aromatic carbocycles. The fraction of sp³-hybridized carbons (Fsp3) is 0.167. The molecule has 13 heavy (non-hydrogen) atoms. The van der Waals surface area contributed by atoms with Gasteiger partial charge in [-0.05, 0) is 0 Å². The molecule has 70 valence electrons. The summed E-state index contributed by atoms with van der Waals surface area (Å²) in [5.41, 5.74) is 6.47. The van der Waals surface area contributed by atoms with Gasteiger partial charge in [0.1, 0.15) is 23.5 Å². The molecule has 0 saturated heterocycles. The number of nitrogens with one attached hydrogen (secondary N) is 3. The van der Waals surface area contributed by atoms with Crippen LogP contribution in [0.1, 0.15) is 5.69 Å². The van der Waals surface area contributed by atoms with Crippen molar-refractivity contribution in [2.24, 2.45) is 5.73 Å². The molecule has 0 bridgehead atoms. The second kappa shape index (κ2) is 3.23. The minimum absolute atomic E-state index is 0. The number of fused-ring (bicyclic) bond motifs is 1. The average Bonchev–Trinajstić information content (AvgIpc) is 2.49. The van der Waals surface area contributed by atoms with Crippen LogP contribution in [0.5, 0.6) is 0 Å². The zero-order valence-electron chi connectivity index (χ0n) is 6.76. The Bertz CT molecular complexity index is 338. The van der Waals surface area contributed by atoms with Crippen molar-refractivity contribution >= 4 is 17.3 Å². The minimum atomic E-state index is -0.0511. The third-order valence-electron chi connectivity index (χ3n) is 1.62. The van der Waals surface area contributed by atoms with E-state index in [-0.39, 0.29) is 11.3 Å². The van der Waals surface area contributed by atoms with E-state index in [1.807, 2.05) is 0 Å². The Labute approximate surface area is 74.2 Å². The molecular formula is C6H10N6O. The molecule has 1 aliphatic heterocycles. The Morgan fingerprint density at radius 3 is 2.92 bits per heavy atom. The number of nitrogen functional groups attached to an aromatic ring is 1. The predicted octanol–water partition coefficient (Wildman–Crippen LogP) is -1.27. The minimum Gasteiger partial charge on any atom is -0.412 e. The van der Waals surface area contributed by atoms with Crippen LogP contribution < -0.4 is 16.4 Å².